The molecule has 28 heavy (non-hydrogen) atoms. The highest BCUT2D eigenvalue weighted by molar-refractivity contribution is 6.04. The molecule has 0 radical (unpaired) electrons. The smallest absolute Gasteiger partial charge is 0.251 e. The van der Waals surface area contributed by atoms with Crippen LogP contribution < -0.4 is 15.5 Å². The van der Waals surface area contributed by atoms with Gasteiger partial charge in [0, 0.05) is 12.6 Å². The maximum atomic E-state index is 13.1. The minimum absolute atomic E-state index is 0.0160. The Morgan fingerprint density at radius 1 is 1.11 bits per heavy atom. The van der Waals surface area contributed by atoms with Crippen LogP contribution >= 0.6 is 0 Å². The first kappa shape index (κ1) is 18.5. The van der Waals surface area contributed by atoms with E-state index in [0.29, 0.717) is 23.7 Å². The fraction of sp³-hybridized carbons (Fsp3) is 0.391. The molecule has 0 aromatic heterocycles. The summed E-state index contributed by atoms with van der Waals surface area (Å²) in [5.74, 6) is 0.310. The van der Waals surface area contributed by atoms with Gasteiger partial charge in [0.05, 0.1) is 24.0 Å². The molecular weight excluding hydrogens is 350 g/mol. The maximum Gasteiger partial charge on any atom is 0.251 e. The summed E-state index contributed by atoms with van der Waals surface area (Å²) >= 11 is 0. The number of hydrogen-bond acceptors (Lipinski definition) is 3. The van der Waals surface area contributed by atoms with Crippen LogP contribution in [0.5, 0.6) is 0 Å². The minimum atomic E-state index is -0.0929. The number of amides is 2. The molecule has 4 rings (SSSR count). The summed E-state index contributed by atoms with van der Waals surface area (Å²) in [7, 11) is 1.88. The van der Waals surface area contributed by atoms with E-state index in [-0.39, 0.29) is 17.9 Å². The standard InChI is InChI=1S/C23H27N3O2/c1-26-15-21(27)24-19-14-18(12-13-20(19)26)23(28)25-22(16-8-4-2-5-9-16)17-10-6-3-7-11-17/h2,4-5,8-9,12-14,17,22H,3,6-7,10-11,15H2,1H3,(H,24,27)(H,25,28). The topological polar surface area (TPSA) is 61.4 Å². The summed E-state index contributed by atoms with van der Waals surface area (Å²) in [6, 6.07) is 15.8. The Kier molecular flexibility index (Phi) is 5.33. The van der Waals surface area contributed by atoms with Gasteiger partial charge in [0.15, 0.2) is 0 Å². The zero-order valence-electron chi connectivity index (χ0n) is 16.3. The first-order chi connectivity index (χ1) is 13.6. The molecule has 0 saturated heterocycles. The molecule has 0 bridgehead atoms. The number of anilines is 2. The molecule has 2 amide bonds. The second-order valence-electron chi connectivity index (χ2n) is 7.90. The largest absolute Gasteiger partial charge is 0.364 e. The summed E-state index contributed by atoms with van der Waals surface area (Å²) in [6.45, 7) is 0.330. The Bertz CT molecular complexity index is 859. The number of nitrogens with one attached hydrogen (secondary N) is 2. The molecule has 0 spiro atoms. The molecule has 1 aliphatic heterocycles. The fourth-order valence-electron chi connectivity index (χ4n) is 4.43. The highest BCUT2D eigenvalue weighted by atomic mass is 16.2. The summed E-state index contributed by atoms with van der Waals surface area (Å²) in [4.78, 5) is 26.8. The zero-order valence-corrected chi connectivity index (χ0v) is 16.3. The average Bonchev–Trinajstić information content (AvgIpc) is 2.72. The van der Waals surface area contributed by atoms with E-state index >= 15 is 0 Å². The van der Waals surface area contributed by atoms with E-state index in [2.05, 4.69) is 22.8 Å². The van der Waals surface area contributed by atoms with Crippen molar-refractivity contribution < 1.29 is 9.59 Å². The fourth-order valence-corrected chi connectivity index (χ4v) is 4.43. The van der Waals surface area contributed by atoms with Gasteiger partial charge in [-0.25, -0.2) is 0 Å². The van der Waals surface area contributed by atoms with Crippen molar-refractivity contribution in [2.24, 2.45) is 5.92 Å². The number of benzene rings is 2. The minimum Gasteiger partial charge on any atom is -0.364 e. The van der Waals surface area contributed by atoms with Crippen molar-refractivity contribution in [1.29, 1.82) is 0 Å². The normalized spacial score (nSPS) is 18.2. The Balaban J connectivity index is 1.58. The van der Waals surface area contributed by atoms with E-state index in [0.717, 1.165) is 24.1 Å². The first-order valence-electron chi connectivity index (χ1n) is 10.1. The molecule has 1 fully saturated rings. The van der Waals surface area contributed by atoms with Crippen LogP contribution in [0.3, 0.4) is 0 Å². The van der Waals surface area contributed by atoms with Gasteiger partial charge in [0.25, 0.3) is 5.91 Å². The van der Waals surface area contributed by atoms with Crippen LogP contribution in [0.15, 0.2) is 48.5 Å². The van der Waals surface area contributed by atoms with Gasteiger partial charge in [-0.05, 0) is 42.5 Å². The number of likely N-dealkylation sites (N-methyl/N-ethyl adjacent to an activating group) is 1. The number of nitrogens with zero attached hydrogens (tertiary/aromatic N) is 1. The van der Waals surface area contributed by atoms with Gasteiger partial charge in [-0.15, -0.1) is 0 Å². The molecule has 2 aliphatic rings. The number of carbonyl (C=O) groups excluding carboxylic acids is 2. The van der Waals surface area contributed by atoms with Crippen LogP contribution in [0.4, 0.5) is 11.4 Å². The van der Waals surface area contributed by atoms with E-state index in [1.807, 2.05) is 42.3 Å². The Morgan fingerprint density at radius 2 is 1.86 bits per heavy atom. The van der Waals surface area contributed by atoms with Gasteiger partial charge in [-0.1, -0.05) is 49.6 Å². The van der Waals surface area contributed by atoms with Gasteiger partial charge in [-0.3, -0.25) is 9.59 Å². The molecule has 1 atom stereocenters. The van der Waals surface area contributed by atoms with Crippen LogP contribution in [-0.4, -0.2) is 25.4 Å². The number of rotatable bonds is 4. The molecule has 146 valence electrons. The van der Waals surface area contributed by atoms with Crippen molar-refractivity contribution in [1.82, 2.24) is 5.32 Å². The third-order valence-electron chi connectivity index (χ3n) is 5.89. The summed E-state index contributed by atoms with van der Waals surface area (Å²) in [5.41, 5.74) is 3.36. The van der Waals surface area contributed by atoms with Crippen molar-refractivity contribution in [3.8, 4) is 0 Å². The van der Waals surface area contributed by atoms with Crippen LogP contribution in [-0.2, 0) is 4.79 Å². The summed E-state index contributed by atoms with van der Waals surface area (Å²) < 4.78 is 0. The lowest BCUT2D eigenvalue weighted by Crippen LogP contribution is -2.36. The maximum absolute atomic E-state index is 13.1. The number of fused-ring (bicyclic) bond motifs is 1. The average molecular weight is 377 g/mol. The third kappa shape index (κ3) is 3.88. The van der Waals surface area contributed by atoms with Crippen LogP contribution in [0.1, 0.15) is 54.1 Å². The highest BCUT2D eigenvalue weighted by Crippen LogP contribution is 2.35. The first-order valence-corrected chi connectivity index (χ1v) is 10.1. The Morgan fingerprint density at radius 3 is 2.61 bits per heavy atom. The summed E-state index contributed by atoms with van der Waals surface area (Å²) in [5, 5.41) is 6.16. The van der Waals surface area contributed by atoms with Gasteiger partial charge >= 0.3 is 0 Å². The van der Waals surface area contributed by atoms with E-state index in [9.17, 15) is 9.59 Å². The molecule has 5 heteroatoms. The third-order valence-corrected chi connectivity index (χ3v) is 5.89. The van der Waals surface area contributed by atoms with Crippen molar-refractivity contribution in [3.63, 3.8) is 0 Å². The monoisotopic (exact) mass is 377 g/mol. The van der Waals surface area contributed by atoms with E-state index in [4.69, 9.17) is 0 Å². The lowest BCUT2D eigenvalue weighted by molar-refractivity contribution is -0.115. The highest BCUT2D eigenvalue weighted by Gasteiger charge is 2.27. The molecule has 1 heterocycles. The molecule has 2 aromatic carbocycles. The SMILES string of the molecule is CN1CC(=O)Nc2cc(C(=O)NC(c3ccccc3)C3CCCCC3)ccc21. The van der Waals surface area contributed by atoms with Crippen molar-refractivity contribution in [2.45, 2.75) is 38.1 Å². The molecule has 1 unspecified atom stereocenters. The molecule has 1 aliphatic carbocycles. The van der Waals surface area contributed by atoms with Crippen LogP contribution in [0, 0.1) is 5.92 Å². The number of hydrogen-bond donors (Lipinski definition) is 2. The van der Waals surface area contributed by atoms with E-state index < -0.39 is 0 Å². The summed E-state index contributed by atoms with van der Waals surface area (Å²) in [6.07, 6.45) is 6.02. The predicted octanol–water partition coefficient (Wildman–Crippen LogP) is 4.13. The molecule has 5 nitrogen and oxygen atoms in total. The van der Waals surface area contributed by atoms with Crippen molar-refractivity contribution >= 4 is 23.2 Å². The van der Waals surface area contributed by atoms with Gasteiger partial charge in [-0.2, -0.15) is 0 Å². The zero-order chi connectivity index (χ0) is 19.5. The number of carbonyl (C=O) groups is 2. The molecular formula is C23H27N3O2. The molecule has 1 saturated carbocycles. The van der Waals surface area contributed by atoms with Gasteiger partial charge in [0.2, 0.25) is 5.91 Å². The second-order valence-corrected chi connectivity index (χ2v) is 7.90. The Hall–Kier alpha value is -2.82. The van der Waals surface area contributed by atoms with Crippen LogP contribution in [0.25, 0.3) is 0 Å². The predicted molar refractivity (Wildman–Crippen MR) is 112 cm³/mol. The van der Waals surface area contributed by atoms with Gasteiger partial charge < -0.3 is 15.5 Å². The van der Waals surface area contributed by atoms with Crippen molar-refractivity contribution in [3.05, 3.63) is 59.7 Å². The molecule has 2 aromatic rings. The van der Waals surface area contributed by atoms with E-state index in [1.165, 1.54) is 19.3 Å². The van der Waals surface area contributed by atoms with Crippen molar-refractivity contribution in [2.75, 3.05) is 23.8 Å². The van der Waals surface area contributed by atoms with E-state index in [1.54, 1.807) is 6.07 Å². The second kappa shape index (κ2) is 8.05. The molecule has 2 N–H and O–H groups in total. The quantitative estimate of drug-likeness (QED) is 0.842. The lowest BCUT2D eigenvalue weighted by Gasteiger charge is -2.32. The van der Waals surface area contributed by atoms with Gasteiger partial charge in [0.1, 0.15) is 0 Å². The Labute approximate surface area is 166 Å². The lowest BCUT2D eigenvalue weighted by atomic mass is 9.81. The van der Waals surface area contributed by atoms with Crippen LogP contribution in [0.2, 0.25) is 0 Å².